The minimum absolute atomic E-state index is 0.0303. The summed E-state index contributed by atoms with van der Waals surface area (Å²) < 4.78 is 5.79. The Labute approximate surface area is 120 Å². The molecule has 1 aliphatic rings. The largest absolute Gasteiger partial charge is 0.490 e. The monoisotopic (exact) mass is 283 g/mol. The number of thiophene rings is 1. The average molecular weight is 283 g/mol. The molecule has 3 nitrogen and oxygen atoms in total. The molecule has 0 saturated carbocycles. The number of β-amino-alcohol motifs (C(OH)–C–C–N with tert-alkyl or cyclic N) is 1. The molecule has 1 aromatic rings. The van der Waals surface area contributed by atoms with Gasteiger partial charge < -0.3 is 15.2 Å². The van der Waals surface area contributed by atoms with Crippen LogP contribution in [0.1, 0.15) is 44.1 Å². The van der Waals surface area contributed by atoms with E-state index < -0.39 is 6.10 Å². The van der Waals surface area contributed by atoms with Gasteiger partial charge in [0, 0.05) is 27.9 Å². The Morgan fingerprint density at radius 3 is 2.84 bits per heavy atom. The Hall–Kier alpha value is -0.580. The summed E-state index contributed by atoms with van der Waals surface area (Å²) in [5.41, 5.74) is 1.41. The van der Waals surface area contributed by atoms with Gasteiger partial charge in [0.25, 0.3) is 0 Å². The van der Waals surface area contributed by atoms with E-state index in [1.807, 2.05) is 0 Å². The molecule has 0 aliphatic heterocycles. The molecule has 19 heavy (non-hydrogen) atoms. The third kappa shape index (κ3) is 4.48. The predicted octanol–water partition coefficient (Wildman–Crippen LogP) is 2.75. The lowest BCUT2D eigenvalue weighted by Gasteiger charge is -2.23. The van der Waals surface area contributed by atoms with Gasteiger partial charge in [0.15, 0.2) is 0 Å². The highest BCUT2D eigenvalue weighted by Gasteiger charge is 2.18. The molecule has 1 aliphatic carbocycles. The second kappa shape index (κ2) is 6.25. The molecule has 1 atom stereocenters. The van der Waals surface area contributed by atoms with Crippen molar-refractivity contribution in [2.45, 2.75) is 58.1 Å². The van der Waals surface area contributed by atoms with Crippen molar-refractivity contribution in [3.8, 4) is 5.75 Å². The fourth-order valence-electron chi connectivity index (χ4n) is 2.25. The molecule has 4 heteroatoms. The molecule has 0 spiro atoms. The zero-order valence-corrected chi connectivity index (χ0v) is 13.0. The highest BCUT2D eigenvalue weighted by Crippen LogP contribution is 2.35. The SMILES string of the molecule is CC(C)(C)NCC(O)COc1csc2c1CCCC2. The van der Waals surface area contributed by atoms with Crippen LogP contribution in [0.25, 0.3) is 0 Å². The molecular formula is C15H25NO2S. The van der Waals surface area contributed by atoms with Crippen LogP contribution in [0, 0.1) is 0 Å². The first-order valence-electron chi connectivity index (χ1n) is 7.11. The summed E-state index contributed by atoms with van der Waals surface area (Å²) >= 11 is 1.80. The van der Waals surface area contributed by atoms with Crippen LogP contribution < -0.4 is 10.1 Å². The Balaban J connectivity index is 1.80. The number of nitrogens with one attached hydrogen (secondary N) is 1. The van der Waals surface area contributed by atoms with Crippen LogP contribution in [0.15, 0.2) is 5.38 Å². The predicted molar refractivity (Wildman–Crippen MR) is 80.2 cm³/mol. The number of hydrogen-bond donors (Lipinski definition) is 2. The zero-order chi connectivity index (χ0) is 13.9. The molecule has 0 aromatic carbocycles. The first-order chi connectivity index (χ1) is 8.96. The number of rotatable bonds is 5. The molecular weight excluding hydrogens is 258 g/mol. The third-order valence-corrected chi connectivity index (χ3v) is 4.39. The van der Waals surface area contributed by atoms with Gasteiger partial charge >= 0.3 is 0 Å². The van der Waals surface area contributed by atoms with E-state index in [-0.39, 0.29) is 5.54 Å². The topological polar surface area (TPSA) is 41.5 Å². The lowest BCUT2D eigenvalue weighted by Crippen LogP contribution is -2.42. The number of hydrogen-bond acceptors (Lipinski definition) is 4. The second-order valence-electron chi connectivity index (χ2n) is 6.30. The molecule has 1 aromatic heterocycles. The van der Waals surface area contributed by atoms with Gasteiger partial charge in [-0.05, 0) is 46.5 Å². The maximum atomic E-state index is 9.93. The lowest BCUT2D eigenvalue weighted by molar-refractivity contribution is 0.0997. The normalized spacial score (nSPS) is 17.1. The van der Waals surface area contributed by atoms with Gasteiger partial charge in [-0.15, -0.1) is 11.3 Å². The minimum Gasteiger partial charge on any atom is -0.490 e. The van der Waals surface area contributed by atoms with E-state index in [4.69, 9.17) is 4.74 Å². The Morgan fingerprint density at radius 2 is 2.11 bits per heavy atom. The molecule has 1 unspecified atom stereocenters. The number of ether oxygens (including phenoxy) is 1. The summed E-state index contributed by atoms with van der Waals surface area (Å²) in [5, 5.41) is 15.3. The van der Waals surface area contributed by atoms with E-state index in [2.05, 4.69) is 31.5 Å². The molecule has 1 heterocycles. The average Bonchev–Trinajstić information content (AvgIpc) is 2.76. The van der Waals surface area contributed by atoms with Crippen LogP contribution in [-0.4, -0.2) is 29.9 Å². The molecule has 0 fully saturated rings. The van der Waals surface area contributed by atoms with Crippen molar-refractivity contribution in [1.82, 2.24) is 5.32 Å². The summed E-state index contributed by atoms with van der Waals surface area (Å²) in [4.78, 5) is 1.48. The summed E-state index contributed by atoms with van der Waals surface area (Å²) in [5.74, 6) is 0.995. The first-order valence-corrected chi connectivity index (χ1v) is 7.99. The van der Waals surface area contributed by atoms with Crippen molar-refractivity contribution in [3.05, 3.63) is 15.8 Å². The van der Waals surface area contributed by atoms with Crippen LogP contribution in [0.5, 0.6) is 5.75 Å². The van der Waals surface area contributed by atoms with Gasteiger partial charge in [-0.1, -0.05) is 0 Å². The maximum Gasteiger partial charge on any atom is 0.133 e. The molecule has 0 bridgehead atoms. The van der Waals surface area contributed by atoms with Gasteiger partial charge in [0.05, 0.1) is 0 Å². The first kappa shape index (κ1) is 14.8. The highest BCUT2D eigenvalue weighted by molar-refractivity contribution is 7.10. The van der Waals surface area contributed by atoms with Crippen LogP contribution in [0.2, 0.25) is 0 Å². The van der Waals surface area contributed by atoms with E-state index in [9.17, 15) is 5.11 Å². The number of aliphatic hydroxyl groups is 1. The van der Waals surface area contributed by atoms with Gasteiger partial charge in [-0.25, -0.2) is 0 Å². The summed E-state index contributed by atoms with van der Waals surface area (Å²) in [6.07, 6.45) is 4.42. The van der Waals surface area contributed by atoms with Crippen molar-refractivity contribution in [3.63, 3.8) is 0 Å². The number of aryl methyl sites for hydroxylation is 1. The molecule has 2 rings (SSSR count). The standard InChI is InChI=1S/C15H25NO2S/c1-15(2,3)16-8-11(17)9-18-13-10-19-14-7-5-4-6-12(13)14/h10-11,16-17H,4-9H2,1-3H3. The molecule has 0 amide bonds. The Morgan fingerprint density at radius 1 is 1.37 bits per heavy atom. The van der Waals surface area contributed by atoms with Gasteiger partial charge in [0.2, 0.25) is 0 Å². The third-order valence-electron chi connectivity index (χ3n) is 3.32. The molecule has 0 radical (unpaired) electrons. The van der Waals surface area contributed by atoms with Crippen molar-refractivity contribution < 1.29 is 9.84 Å². The Kier molecular flexibility index (Phi) is 4.87. The number of aliphatic hydroxyl groups excluding tert-OH is 1. The van der Waals surface area contributed by atoms with Crippen molar-refractivity contribution >= 4 is 11.3 Å². The van der Waals surface area contributed by atoms with Crippen LogP contribution in [0.4, 0.5) is 0 Å². The van der Waals surface area contributed by atoms with Crippen molar-refractivity contribution in [2.75, 3.05) is 13.2 Å². The molecule has 0 saturated heterocycles. The van der Waals surface area contributed by atoms with Gasteiger partial charge in [-0.2, -0.15) is 0 Å². The maximum absolute atomic E-state index is 9.93. The quantitative estimate of drug-likeness (QED) is 0.873. The van der Waals surface area contributed by atoms with E-state index in [0.29, 0.717) is 13.2 Å². The minimum atomic E-state index is -0.460. The lowest BCUT2D eigenvalue weighted by atomic mass is 9.99. The van der Waals surface area contributed by atoms with Crippen LogP contribution in [-0.2, 0) is 12.8 Å². The summed E-state index contributed by atoms with van der Waals surface area (Å²) in [7, 11) is 0. The van der Waals surface area contributed by atoms with E-state index in [1.165, 1.54) is 29.7 Å². The fourth-order valence-corrected chi connectivity index (χ4v) is 3.32. The highest BCUT2D eigenvalue weighted by atomic mass is 32.1. The van der Waals surface area contributed by atoms with Crippen molar-refractivity contribution in [1.29, 1.82) is 0 Å². The van der Waals surface area contributed by atoms with Gasteiger partial charge in [-0.3, -0.25) is 0 Å². The van der Waals surface area contributed by atoms with Gasteiger partial charge in [0.1, 0.15) is 18.5 Å². The van der Waals surface area contributed by atoms with Crippen molar-refractivity contribution in [2.24, 2.45) is 0 Å². The van der Waals surface area contributed by atoms with Crippen LogP contribution in [0.3, 0.4) is 0 Å². The zero-order valence-electron chi connectivity index (χ0n) is 12.2. The molecule has 2 N–H and O–H groups in total. The van der Waals surface area contributed by atoms with E-state index >= 15 is 0 Å². The second-order valence-corrected chi connectivity index (χ2v) is 7.27. The Bertz CT molecular complexity index is 409. The number of fused-ring (bicyclic) bond motifs is 1. The summed E-state index contributed by atoms with van der Waals surface area (Å²) in [6.45, 7) is 7.21. The van der Waals surface area contributed by atoms with E-state index in [0.717, 1.165) is 12.2 Å². The fraction of sp³-hybridized carbons (Fsp3) is 0.733. The smallest absolute Gasteiger partial charge is 0.133 e. The molecule has 108 valence electrons. The van der Waals surface area contributed by atoms with Crippen LogP contribution >= 0.6 is 11.3 Å². The van der Waals surface area contributed by atoms with E-state index in [1.54, 1.807) is 11.3 Å². The summed E-state index contributed by atoms with van der Waals surface area (Å²) in [6, 6.07) is 0.